The number of aryl methyl sites for hydroxylation is 4. The summed E-state index contributed by atoms with van der Waals surface area (Å²) in [7, 11) is 0. The third-order valence-electron chi connectivity index (χ3n) is 7.92. The highest BCUT2D eigenvalue weighted by atomic mass is 32.2. The summed E-state index contributed by atoms with van der Waals surface area (Å²) in [6.45, 7) is 20.8. The molecule has 53 heavy (non-hydrogen) atoms. The van der Waals surface area contributed by atoms with E-state index in [4.69, 9.17) is 29.0 Å². The maximum Gasteiger partial charge on any atom is 0.256 e. The number of thioether (sulfide) groups is 2. The summed E-state index contributed by atoms with van der Waals surface area (Å²) >= 11 is 3.05. The van der Waals surface area contributed by atoms with Crippen molar-refractivity contribution in [3.63, 3.8) is 0 Å². The Labute approximate surface area is 320 Å². The monoisotopic (exact) mass is 765 g/mol. The lowest BCUT2D eigenvalue weighted by atomic mass is 10.1. The highest BCUT2D eigenvalue weighted by Gasteiger charge is 2.20. The minimum atomic E-state index is -0.697. The lowest BCUT2D eigenvalue weighted by Gasteiger charge is -2.30. The van der Waals surface area contributed by atoms with E-state index in [1.54, 1.807) is 0 Å². The van der Waals surface area contributed by atoms with E-state index in [2.05, 4.69) is 48.3 Å². The number of nitrogens with two attached hydrogens (primary N) is 1. The number of Topliss-reactive ketones (excluding diaryl/α,β-unsaturated/α-hetero) is 1. The molecule has 0 saturated carbocycles. The van der Waals surface area contributed by atoms with Crippen LogP contribution in [0.5, 0.6) is 0 Å². The number of pyridine rings is 2. The quantitative estimate of drug-likeness (QED) is 0.166. The number of morpholine rings is 2. The fourth-order valence-corrected chi connectivity index (χ4v) is 6.62. The van der Waals surface area contributed by atoms with E-state index in [0.717, 1.165) is 85.1 Å². The van der Waals surface area contributed by atoms with Crippen LogP contribution >= 0.6 is 23.5 Å². The fraction of sp³-hybridized carbons (Fsp3) is 0.514. The van der Waals surface area contributed by atoms with Gasteiger partial charge in [0.15, 0.2) is 0 Å². The number of hydrogen-bond donors (Lipinski definition) is 2. The van der Waals surface area contributed by atoms with Gasteiger partial charge in [0.1, 0.15) is 34.5 Å². The van der Waals surface area contributed by atoms with Crippen LogP contribution in [0.3, 0.4) is 0 Å². The smallest absolute Gasteiger partial charge is 0.256 e. The molecule has 0 aliphatic carbocycles. The Bertz CT molecular complexity index is 1800. The van der Waals surface area contributed by atoms with Crippen molar-refractivity contribution in [2.45, 2.75) is 82.9 Å². The van der Waals surface area contributed by atoms with Crippen molar-refractivity contribution in [2.24, 2.45) is 0 Å². The summed E-state index contributed by atoms with van der Waals surface area (Å²) in [6.07, 6.45) is 0. The fourth-order valence-electron chi connectivity index (χ4n) is 5.02. The molecule has 3 N–H and O–H groups in total. The van der Waals surface area contributed by atoms with Crippen LogP contribution < -0.4 is 20.9 Å². The van der Waals surface area contributed by atoms with Crippen LogP contribution in [-0.2, 0) is 25.8 Å². The molecule has 286 valence electrons. The van der Waals surface area contributed by atoms with Gasteiger partial charge in [-0.2, -0.15) is 5.26 Å². The van der Waals surface area contributed by atoms with Crippen molar-refractivity contribution < 1.29 is 23.1 Å². The molecule has 4 aromatic rings. The van der Waals surface area contributed by atoms with Gasteiger partial charge in [-0.15, -0.1) is 0 Å². The number of nitrogen functional groups attached to an aromatic ring is 1. The summed E-state index contributed by atoms with van der Waals surface area (Å²) < 4.78 is 22.1. The second kappa shape index (κ2) is 19.7. The third-order valence-corrected chi connectivity index (χ3v) is 9.65. The first-order valence-electron chi connectivity index (χ1n) is 17.4. The van der Waals surface area contributed by atoms with E-state index < -0.39 is 5.54 Å². The maximum absolute atomic E-state index is 9.44. The van der Waals surface area contributed by atoms with Crippen molar-refractivity contribution in [2.75, 3.05) is 73.5 Å². The second-order valence-electron chi connectivity index (χ2n) is 13.2. The molecule has 0 unspecified atom stereocenters. The molecule has 2 fully saturated rings. The third kappa shape index (κ3) is 13.6. The van der Waals surface area contributed by atoms with Crippen molar-refractivity contribution >= 4 is 52.3 Å². The molecule has 4 aromatic heterocycles. The number of nitrogens with one attached hydrogen (secondary N) is 1. The molecular formula is C37H51N9O5S2. The molecule has 2 aliphatic heterocycles. The molecule has 0 atom stereocenters. The van der Waals surface area contributed by atoms with Gasteiger partial charge in [0.25, 0.3) is 10.4 Å². The van der Waals surface area contributed by atoms with Gasteiger partial charge in [0.2, 0.25) is 0 Å². The van der Waals surface area contributed by atoms with E-state index in [9.17, 15) is 10.1 Å². The molecule has 0 spiro atoms. The standard InChI is InChI=1S/C19H25N5O2S.C15H20N4O2S.C3H6O/c1-13-14(2)26-18(21-13)27-11-15-9-16(24-5-7-25-8-6-24)10-17(22-15)23-19(3,4)12-20;1-10-11(2)21-15(17-10)22-9-12-7-13(8-14(16)18-12)19-3-5-20-6-4-19;1-3(2)4/h9-10H,5-8,11H2,1-4H3,(H,22,23);7-8H,3-6,9H2,1-2H3,(H2,16,18);1-2H3. The lowest BCUT2D eigenvalue weighted by Crippen LogP contribution is -2.36. The van der Waals surface area contributed by atoms with Crippen molar-refractivity contribution in [1.29, 1.82) is 5.26 Å². The Hall–Kier alpha value is -4.30. The average molecular weight is 766 g/mol. The number of oxazole rings is 2. The second-order valence-corrected chi connectivity index (χ2v) is 15.1. The number of hydrogen-bond acceptors (Lipinski definition) is 16. The SMILES string of the molecule is CC(C)=O.Cc1nc(SCc2cc(N3CCOCC3)cc(N)n2)oc1C.Cc1nc(SCc2cc(N3CCOCC3)cc(NC(C)(C)C#N)n2)oc1C. The van der Waals surface area contributed by atoms with Gasteiger partial charge < -0.3 is 44.0 Å². The number of ether oxygens (including phenoxy) is 2. The van der Waals surface area contributed by atoms with Gasteiger partial charge in [-0.25, -0.2) is 19.9 Å². The molecule has 0 bridgehead atoms. The summed E-state index contributed by atoms with van der Waals surface area (Å²) in [5, 5.41) is 13.9. The number of ketones is 1. The number of carbonyl (C=O) groups is 1. The van der Waals surface area contributed by atoms with Crippen LogP contribution in [-0.4, -0.2) is 83.9 Å². The summed E-state index contributed by atoms with van der Waals surface area (Å²) in [5.74, 6) is 4.42. The summed E-state index contributed by atoms with van der Waals surface area (Å²) in [5.41, 5.74) is 11.1. The van der Waals surface area contributed by atoms with E-state index in [-0.39, 0.29) is 5.78 Å². The lowest BCUT2D eigenvalue weighted by molar-refractivity contribution is -0.115. The van der Waals surface area contributed by atoms with Gasteiger partial charge in [0, 0.05) is 61.2 Å². The van der Waals surface area contributed by atoms with E-state index in [1.165, 1.54) is 37.4 Å². The van der Waals surface area contributed by atoms with Crippen LogP contribution in [0.1, 0.15) is 62.0 Å². The van der Waals surface area contributed by atoms with Crippen LogP contribution in [0.2, 0.25) is 0 Å². The minimum absolute atomic E-state index is 0.167. The van der Waals surface area contributed by atoms with Gasteiger partial charge in [-0.3, -0.25) is 0 Å². The molecule has 0 amide bonds. The highest BCUT2D eigenvalue weighted by Crippen LogP contribution is 2.29. The summed E-state index contributed by atoms with van der Waals surface area (Å²) in [6, 6.07) is 10.3. The predicted octanol–water partition coefficient (Wildman–Crippen LogP) is 6.52. The zero-order valence-corrected chi connectivity index (χ0v) is 33.6. The van der Waals surface area contributed by atoms with Crippen LogP contribution in [0.4, 0.5) is 23.0 Å². The Morgan fingerprint density at radius 2 is 1.23 bits per heavy atom. The van der Waals surface area contributed by atoms with Crippen LogP contribution in [0, 0.1) is 39.0 Å². The highest BCUT2D eigenvalue weighted by molar-refractivity contribution is 7.98. The molecule has 0 aromatic carbocycles. The number of aromatic nitrogens is 4. The molecule has 2 aliphatic rings. The average Bonchev–Trinajstić information content (AvgIpc) is 3.63. The predicted molar refractivity (Wildman–Crippen MR) is 210 cm³/mol. The van der Waals surface area contributed by atoms with Crippen LogP contribution in [0.15, 0.2) is 43.5 Å². The number of carbonyl (C=O) groups excluding carboxylic acids is 1. The molecule has 6 rings (SSSR count). The molecule has 0 radical (unpaired) electrons. The molecule has 6 heterocycles. The summed E-state index contributed by atoms with van der Waals surface area (Å²) in [4.78, 5) is 31.9. The van der Waals surface area contributed by atoms with Gasteiger partial charge in [-0.05, 0) is 67.5 Å². The topological polar surface area (TPSA) is 182 Å². The van der Waals surface area contributed by atoms with E-state index in [0.29, 0.717) is 46.8 Å². The minimum Gasteiger partial charge on any atom is -0.437 e. The number of nitriles is 1. The van der Waals surface area contributed by atoms with Crippen molar-refractivity contribution in [1.82, 2.24) is 19.9 Å². The normalized spacial score (nSPS) is 14.4. The molecular weight excluding hydrogens is 715 g/mol. The van der Waals surface area contributed by atoms with E-state index in [1.807, 2.05) is 53.7 Å². The Kier molecular flexibility index (Phi) is 15.4. The Morgan fingerprint density at radius 1 is 0.792 bits per heavy atom. The first-order chi connectivity index (χ1) is 25.2. The Morgan fingerprint density at radius 3 is 1.64 bits per heavy atom. The zero-order valence-electron chi connectivity index (χ0n) is 31.9. The number of nitrogens with zero attached hydrogens (tertiary/aromatic N) is 7. The van der Waals surface area contributed by atoms with Crippen LogP contribution in [0.25, 0.3) is 0 Å². The van der Waals surface area contributed by atoms with E-state index >= 15 is 0 Å². The van der Waals surface area contributed by atoms with Gasteiger partial charge in [-0.1, -0.05) is 23.5 Å². The molecule has 16 heteroatoms. The number of rotatable bonds is 10. The van der Waals surface area contributed by atoms with Gasteiger partial charge in [0.05, 0.1) is 55.3 Å². The first kappa shape index (κ1) is 41.5. The zero-order chi connectivity index (χ0) is 38.5. The Balaban J connectivity index is 0.000000218. The van der Waals surface area contributed by atoms with Gasteiger partial charge >= 0.3 is 0 Å². The maximum atomic E-state index is 9.44. The molecule has 14 nitrogen and oxygen atoms in total. The number of anilines is 4. The first-order valence-corrected chi connectivity index (χ1v) is 19.4. The van der Waals surface area contributed by atoms with Crippen molar-refractivity contribution in [3.05, 3.63) is 58.6 Å². The largest absolute Gasteiger partial charge is 0.437 e. The van der Waals surface area contributed by atoms with Crippen molar-refractivity contribution in [3.8, 4) is 6.07 Å². The molecule has 2 saturated heterocycles.